The number of carboxylic acid groups (broad SMARTS) is 1. The molecule has 1 saturated carbocycles. The number of rotatable bonds is 8. The average molecular weight is 446 g/mol. The number of para-hydroxylation sites is 1. The molecule has 3 aliphatic rings. The van der Waals surface area contributed by atoms with Crippen molar-refractivity contribution in [3.05, 3.63) is 29.8 Å². The quantitative estimate of drug-likeness (QED) is 0.415. The van der Waals surface area contributed by atoms with Crippen molar-refractivity contribution in [2.75, 3.05) is 6.54 Å². The van der Waals surface area contributed by atoms with Gasteiger partial charge in [-0.3, -0.25) is 19.3 Å². The van der Waals surface area contributed by atoms with Crippen LogP contribution in [0.15, 0.2) is 24.3 Å². The van der Waals surface area contributed by atoms with Crippen LogP contribution in [0.1, 0.15) is 63.5 Å². The van der Waals surface area contributed by atoms with Crippen LogP contribution >= 0.6 is 0 Å². The molecule has 1 aromatic carbocycles. The summed E-state index contributed by atoms with van der Waals surface area (Å²) in [7, 11) is 0. The molecule has 1 aliphatic carbocycles. The van der Waals surface area contributed by atoms with Crippen LogP contribution in [-0.4, -0.2) is 50.3 Å². The first-order valence-corrected chi connectivity index (χ1v) is 11.5. The van der Waals surface area contributed by atoms with Crippen LogP contribution in [0.25, 0.3) is 0 Å². The molecule has 1 aromatic rings. The van der Waals surface area contributed by atoms with Crippen LogP contribution in [-0.2, 0) is 19.1 Å². The van der Waals surface area contributed by atoms with E-state index in [1.807, 2.05) is 6.92 Å². The van der Waals surface area contributed by atoms with E-state index in [1.54, 1.807) is 24.3 Å². The second kappa shape index (κ2) is 8.83. The van der Waals surface area contributed by atoms with Gasteiger partial charge in [-0.2, -0.15) is 0 Å². The number of nitrogens with zero attached hydrogens (tertiary/aromatic N) is 1. The van der Waals surface area contributed by atoms with Crippen molar-refractivity contribution in [3.8, 4) is 5.75 Å². The molecule has 2 heterocycles. The number of benzene rings is 1. The Bertz CT molecular complexity index is 902. The molecule has 0 radical (unpaired) electrons. The number of carbonyl (C=O) groups excluding carboxylic acids is 2. The molecule has 3 fully saturated rings. The Morgan fingerprint density at radius 1 is 1.16 bits per heavy atom. The smallest absolute Gasteiger partial charge is 0.303 e. The topological polar surface area (TPSA) is 124 Å². The van der Waals surface area contributed by atoms with Gasteiger partial charge < -0.3 is 20.1 Å². The van der Waals surface area contributed by atoms with Gasteiger partial charge in [-0.05, 0) is 38.2 Å². The zero-order valence-corrected chi connectivity index (χ0v) is 18.3. The van der Waals surface area contributed by atoms with Gasteiger partial charge in [0.1, 0.15) is 5.75 Å². The van der Waals surface area contributed by atoms with Gasteiger partial charge in [0.2, 0.25) is 11.8 Å². The third-order valence-electron chi connectivity index (χ3n) is 7.50. The van der Waals surface area contributed by atoms with Crippen molar-refractivity contribution in [2.24, 2.45) is 23.7 Å². The van der Waals surface area contributed by atoms with E-state index >= 15 is 0 Å². The molecule has 0 aromatic heterocycles. The second-order valence-electron chi connectivity index (χ2n) is 9.27. The normalized spacial score (nSPS) is 33.9. The fraction of sp³-hybridized carbons (Fsp3) is 0.625. The number of ether oxygens (including phenoxy) is 1. The maximum atomic E-state index is 13.3. The number of aliphatic hydroxyl groups is 1. The summed E-state index contributed by atoms with van der Waals surface area (Å²) in [6.07, 6.45) is 2.58. The number of carbonyl (C=O) groups is 3. The van der Waals surface area contributed by atoms with Crippen molar-refractivity contribution >= 4 is 17.8 Å². The number of amides is 2. The lowest BCUT2D eigenvalue weighted by molar-refractivity contribution is -0.269. The van der Waals surface area contributed by atoms with E-state index in [0.29, 0.717) is 44.1 Å². The maximum absolute atomic E-state index is 13.3. The highest BCUT2D eigenvalue weighted by Crippen LogP contribution is 2.59. The lowest BCUT2D eigenvalue weighted by atomic mass is 9.64. The zero-order valence-electron chi connectivity index (χ0n) is 18.3. The number of likely N-dealkylation sites (tertiary alicyclic amines) is 1. The summed E-state index contributed by atoms with van der Waals surface area (Å²) in [5, 5.41) is 30.6. The Morgan fingerprint density at radius 2 is 1.91 bits per heavy atom. The molecule has 4 rings (SSSR count). The van der Waals surface area contributed by atoms with E-state index in [-0.39, 0.29) is 36.4 Å². The Balaban J connectivity index is 1.53. The first kappa shape index (κ1) is 22.7. The maximum Gasteiger partial charge on any atom is 0.303 e. The van der Waals surface area contributed by atoms with Crippen LogP contribution in [0.5, 0.6) is 5.75 Å². The molecule has 2 amide bonds. The van der Waals surface area contributed by atoms with Gasteiger partial charge in [-0.1, -0.05) is 31.5 Å². The van der Waals surface area contributed by atoms with Crippen molar-refractivity contribution in [1.82, 2.24) is 4.90 Å². The molecule has 8 nitrogen and oxygen atoms in total. The van der Waals surface area contributed by atoms with E-state index in [9.17, 15) is 24.6 Å². The largest absolute Gasteiger partial charge is 0.508 e. The number of hydrogen-bond acceptors (Lipinski definition) is 6. The molecule has 174 valence electrons. The molecule has 3 N–H and O–H groups in total. The minimum absolute atomic E-state index is 0.0749. The summed E-state index contributed by atoms with van der Waals surface area (Å²) in [6.45, 7) is 2.22. The third-order valence-corrected chi connectivity index (χ3v) is 7.50. The predicted molar refractivity (Wildman–Crippen MR) is 113 cm³/mol. The highest BCUT2D eigenvalue weighted by molar-refractivity contribution is 6.05. The number of fused-ring (bicyclic) bond motifs is 3. The first-order chi connectivity index (χ1) is 15.3. The number of aromatic hydroxyl groups is 1. The Kier molecular flexibility index (Phi) is 6.27. The molecule has 0 spiro atoms. The van der Waals surface area contributed by atoms with Gasteiger partial charge in [0.25, 0.3) is 0 Å². The number of aliphatic carboxylic acids is 1. The van der Waals surface area contributed by atoms with Gasteiger partial charge in [-0.25, -0.2) is 0 Å². The van der Waals surface area contributed by atoms with Crippen molar-refractivity contribution in [1.29, 1.82) is 0 Å². The number of carboxylic acids is 1. The van der Waals surface area contributed by atoms with Gasteiger partial charge in [0, 0.05) is 30.4 Å². The number of phenolic OH excluding ortho intramolecular Hbond substituents is 1. The van der Waals surface area contributed by atoms with Gasteiger partial charge in [0.05, 0.1) is 17.9 Å². The Labute approximate surface area is 187 Å². The van der Waals surface area contributed by atoms with E-state index in [4.69, 9.17) is 9.84 Å². The minimum atomic E-state index is -1.52. The van der Waals surface area contributed by atoms with E-state index in [2.05, 4.69) is 0 Å². The summed E-state index contributed by atoms with van der Waals surface area (Å²) < 4.78 is 6.14. The molecule has 0 unspecified atom stereocenters. The van der Waals surface area contributed by atoms with E-state index in [1.165, 1.54) is 4.90 Å². The number of hydrogen-bond donors (Lipinski definition) is 3. The van der Waals surface area contributed by atoms with Crippen LogP contribution < -0.4 is 0 Å². The molecule has 0 bridgehead atoms. The fourth-order valence-electron chi connectivity index (χ4n) is 5.91. The molecule has 2 saturated heterocycles. The highest BCUT2D eigenvalue weighted by Gasteiger charge is 2.66. The summed E-state index contributed by atoms with van der Waals surface area (Å²) in [5.74, 6) is -4.65. The van der Waals surface area contributed by atoms with Crippen LogP contribution in [0.4, 0.5) is 0 Å². The van der Waals surface area contributed by atoms with Crippen molar-refractivity contribution in [2.45, 2.75) is 63.8 Å². The standard InChI is InChI=1S/C24H31NO7/c1-2-14-12-16-21(23(30)25(22(16)29)11-7-3-4-10-20(27)28)17-13-19(32-24(14,17)31)15-8-5-6-9-18(15)26/h5-6,8-9,14,16-17,19,21,26,31H,2-4,7,10-13H2,1H3,(H,27,28)/t14-,16-,17-,19-,21-,24+/m0/s1. The minimum Gasteiger partial charge on any atom is -0.508 e. The van der Waals surface area contributed by atoms with E-state index < -0.39 is 35.6 Å². The summed E-state index contributed by atoms with van der Waals surface area (Å²) in [5.41, 5.74) is 0.578. The number of imide groups is 1. The van der Waals surface area contributed by atoms with Gasteiger partial charge in [-0.15, -0.1) is 0 Å². The number of unbranched alkanes of at least 4 members (excludes halogenated alkanes) is 2. The summed E-state index contributed by atoms with van der Waals surface area (Å²) >= 11 is 0. The molecule has 2 aliphatic heterocycles. The fourth-order valence-corrected chi connectivity index (χ4v) is 5.91. The molecular formula is C24H31NO7. The van der Waals surface area contributed by atoms with Crippen LogP contribution in [0, 0.1) is 23.7 Å². The highest BCUT2D eigenvalue weighted by atomic mass is 16.6. The van der Waals surface area contributed by atoms with E-state index in [0.717, 1.165) is 0 Å². The molecule has 32 heavy (non-hydrogen) atoms. The monoisotopic (exact) mass is 445 g/mol. The van der Waals surface area contributed by atoms with Crippen LogP contribution in [0.3, 0.4) is 0 Å². The predicted octanol–water partition coefficient (Wildman–Crippen LogP) is 2.83. The van der Waals surface area contributed by atoms with Gasteiger partial charge in [0.15, 0.2) is 5.79 Å². The lowest BCUT2D eigenvalue weighted by Gasteiger charge is -2.44. The number of phenols is 1. The summed E-state index contributed by atoms with van der Waals surface area (Å²) in [6, 6.07) is 6.83. The zero-order chi connectivity index (χ0) is 23.0. The average Bonchev–Trinajstić information content (AvgIpc) is 3.22. The first-order valence-electron chi connectivity index (χ1n) is 11.5. The SMILES string of the molecule is CC[C@H]1C[C@@H]2C(=O)N(CCCCCC(=O)O)C(=O)[C@@H]2[C@@H]2C[C@@H](c3ccccc3O)O[C@]12O. The Hall–Kier alpha value is -2.45. The molecular weight excluding hydrogens is 414 g/mol. The van der Waals surface area contributed by atoms with Crippen molar-refractivity contribution < 1.29 is 34.4 Å². The Morgan fingerprint density at radius 3 is 2.59 bits per heavy atom. The third kappa shape index (κ3) is 3.79. The lowest BCUT2D eigenvalue weighted by Crippen LogP contribution is -2.53. The van der Waals surface area contributed by atoms with Crippen molar-refractivity contribution in [3.63, 3.8) is 0 Å². The van der Waals surface area contributed by atoms with Gasteiger partial charge >= 0.3 is 5.97 Å². The van der Waals surface area contributed by atoms with Crippen LogP contribution in [0.2, 0.25) is 0 Å². The molecule has 6 atom stereocenters. The second-order valence-corrected chi connectivity index (χ2v) is 9.27. The molecule has 8 heteroatoms. The summed E-state index contributed by atoms with van der Waals surface area (Å²) in [4.78, 5) is 38.4.